The van der Waals surface area contributed by atoms with Crippen LogP contribution in [0, 0.1) is 0 Å². The average Bonchev–Trinajstić information content (AvgIpc) is 2.47. The molecule has 134 valence electrons. The molecule has 1 aromatic carbocycles. The van der Waals surface area contributed by atoms with Crippen molar-refractivity contribution in [2.75, 3.05) is 0 Å². The van der Waals surface area contributed by atoms with Crippen molar-refractivity contribution in [3.05, 3.63) is 53.0 Å². The molecule has 8 nitrogen and oxygen atoms in total. The molecule has 0 saturated heterocycles. The number of hydrogen-bond donors (Lipinski definition) is 5. The second-order valence-electron chi connectivity index (χ2n) is 5.55. The highest BCUT2D eigenvalue weighted by molar-refractivity contribution is 7.50. The molecule has 1 aliphatic rings. The fourth-order valence-corrected chi connectivity index (χ4v) is 3.14. The lowest BCUT2D eigenvalue weighted by molar-refractivity contribution is -0.116. The molecule has 1 aromatic rings. The molecule has 0 fully saturated rings. The fourth-order valence-electron chi connectivity index (χ4n) is 2.65. The maximum absolute atomic E-state index is 12.9. The van der Waals surface area contributed by atoms with E-state index >= 15 is 0 Å². The van der Waals surface area contributed by atoms with Gasteiger partial charge in [0.15, 0.2) is 5.78 Å². The molecule has 0 bridgehead atoms. The first-order chi connectivity index (χ1) is 11.6. The molecule has 0 aromatic heterocycles. The van der Waals surface area contributed by atoms with E-state index in [2.05, 4.69) is 4.76 Å². The monoisotopic (exact) mass is 367 g/mol. The van der Waals surface area contributed by atoms with Crippen molar-refractivity contribution in [1.29, 1.82) is 0 Å². The second-order valence-corrected chi connectivity index (χ2v) is 6.78. The number of Topliss-reactive ketones (excluding diaryl/α,β-unsaturated/α-hetero) is 1. The van der Waals surface area contributed by atoms with Crippen LogP contribution in [-0.2, 0) is 9.36 Å². The lowest BCUT2D eigenvalue weighted by Gasteiger charge is -2.21. The maximum atomic E-state index is 12.9. The molecule has 1 atom stereocenters. The van der Waals surface area contributed by atoms with Crippen LogP contribution in [0.15, 0.2) is 52.2 Å². The highest BCUT2D eigenvalue weighted by Gasteiger charge is 2.32. The fraction of sp³-hybridized carbons (Fsp3) is 0.250. The highest BCUT2D eigenvalue weighted by atomic mass is 31.2. The summed E-state index contributed by atoms with van der Waals surface area (Å²) in [5.74, 6) is -2.23. The third kappa shape index (κ3) is 4.57. The van der Waals surface area contributed by atoms with E-state index in [1.165, 1.54) is 12.1 Å². The second kappa shape index (κ2) is 7.23. The zero-order chi connectivity index (χ0) is 18.8. The van der Waals surface area contributed by atoms with Crippen LogP contribution < -0.4 is 0 Å². The summed E-state index contributed by atoms with van der Waals surface area (Å²) in [5, 5.41) is 29.0. The first-order valence-corrected chi connectivity index (χ1v) is 8.99. The van der Waals surface area contributed by atoms with Gasteiger partial charge in [-0.2, -0.15) is 4.76 Å². The van der Waals surface area contributed by atoms with Crippen molar-refractivity contribution in [1.82, 2.24) is 0 Å². The molecule has 0 aliphatic heterocycles. The average molecular weight is 367 g/mol. The Morgan fingerprint density at radius 3 is 2.32 bits per heavy atom. The minimum Gasteiger partial charge on any atom is -0.512 e. The number of nitrogens with zero attached hydrogens (tertiary/aromatic N) is 1. The Morgan fingerprint density at radius 2 is 1.80 bits per heavy atom. The molecular formula is C16H18NO7P. The van der Waals surface area contributed by atoms with Crippen molar-refractivity contribution in [2.45, 2.75) is 25.7 Å². The van der Waals surface area contributed by atoms with E-state index in [1.807, 2.05) is 0 Å². The van der Waals surface area contributed by atoms with Crippen molar-refractivity contribution in [2.24, 2.45) is 4.76 Å². The predicted octanol–water partition coefficient (Wildman–Crippen LogP) is 2.65. The van der Waals surface area contributed by atoms with E-state index in [1.54, 1.807) is 19.1 Å². The standard InChI is InChI=1S/C16H18NO7P/c1-2-12(9-3-5-10(18)6-4-9)16(21)15-13(17-25(22,23)24)7-11(19)8-14(15)20/h3-6,8,12,18-20H,2,7H2,1H3,(H2,22,23,24). The number of carbonyl (C=O) groups is 1. The van der Waals surface area contributed by atoms with Gasteiger partial charge in [0.25, 0.3) is 0 Å². The molecule has 25 heavy (non-hydrogen) atoms. The zero-order valence-electron chi connectivity index (χ0n) is 13.3. The lowest BCUT2D eigenvalue weighted by Crippen LogP contribution is -2.24. The minimum atomic E-state index is -4.86. The van der Waals surface area contributed by atoms with E-state index in [9.17, 15) is 24.7 Å². The maximum Gasteiger partial charge on any atom is 0.448 e. The zero-order valence-corrected chi connectivity index (χ0v) is 14.2. The Balaban J connectivity index is 2.52. The molecular weight excluding hydrogens is 349 g/mol. The summed E-state index contributed by atoms with van der Waals surface area (Å²) in [5.41, 5.74) is -0.131. The molecule has 1 unspecified atom stereocenters. The molecule has 0 amide bonds. The summed E-state index contributed by atoms with van der Waals surface area (Å²) in [6.45, 7) is 1.74. The summed E-state index contributed by atoms with van der Waals surface area (Å²) in [6.07, 6.45) is 0.928. The first-order valence-electron chi connectivity index (χ1n) is 7.43. The van der Waals surface area contributed by atoms with Crippen LogP contribution >= 0.6 is 7.75 Å². The van der Waals surface area contributed by atoms with Gasteiger partial charge in [0.05, 0.1) is 11.3 Å². The number of aliphatic hydroxyl groups excluding tert-OH is 2. The van der Waals surface area contributed by atoms with E-state index in [0.717, 1.165) is 6.08 Å². The smallest absolute Gasteiger partial charge is 0.448 e. The number of benzene rings is 1. The molecule has 2 rings (SSSR count). The molecule has 0 spiro atoms. The Morgan fingerprint density at radius 1 is 1.20 bits per heavy atom. The van der Waals surface area contributed by atoms with Crippen LogP contribution in [0.4, 0.5) is 0 Å². The van der Waals surface area contributed by atoms with Crippen LogP contribution in [0.2, 0.25) is 0 Å². The van der Waals surface area contributed by atoms with Crippen molar-refractivity contribution < 1.29 is 34.5 Å². The molecule has 9 heteroatoms. The number of carbonyl (C=O) groups excluding carboxylic acids is 1. The van der Waals surface area contributed by atoms with Crippen LogP contribution in [0.25, 0.3) is 0 Å². The normalized spacial score (nSPS) is 18.2. The third-order valence-corrected chi connectivity index (χ3v) is 4.22. The van der Waals surface area contributed by atoms with E-state index in [-0.39, 0.29) is 29.2 Å². The van der Waals surface area contributed by atoms with Gasteiger partial charge in [-0.05, 0) is 24.1 Å². The topological polar surface area (TPSA) is 148 Å². The van der Waals surface area contributed by atoms with Gasteiger partial charge in [0.2, 0.25) is 0 Å². The lowest BCUT2D eigenvalue weighted by atomic mass is 9.84. The SMILES string of the molecule is CCC(C(=O)C1=C(O)C=C(O)CC1=NP(=O)(O)O)c1ccc(O)cc1. The van der Waals surface area contributed by atoms with E-state index in [4.69, 9.17) is 9.79 Å². The van der Waals surface area contributed by atoms with Gasteiger partial charge in [0, 0.05) is 18.4 Å². The van der Waals surface area contributed by atoms with E-state index in [0.29, 0.717) is 12.0 Å². The summed E-state index contributed by atoms with van der Waals surface area (Å²) in [6, 6.07) is 5.93. The number of allylic oxidation sites excluding steroid dienone is 3. The summed E-state index contributed by atoms with van der Waals surface area (Å²) in [7, 11) is -4.86. The van der Waals surface area contributed by atoms with Crippen LogP contribution in [-0.4, -0.2) is 36.6 Å². The number of rotatable bonds is 5. The van der Waals surface area contributed by atoms with Gasteiger partial charge in [-0.25, -0.2) is 4.57 Å². The Labute approximate surface area is 143 Å². The van der Waals surface area contributed by atoms with Gasteiger partial charge >= 0.3 is 7.75 Å². The van der Waals surface area contributed by atoms with Crippen molar-refractivity contribution in [3.63, 3.8) is 0 Å². The Bertz CT molecular complexity index is 817. The van der Waals surface area contributed by atoms with Crippen molar-refractivity contribution >= 4 is 19.2 Å². The summed E-state index contributed by atoms with van der Waals surface area (Å²) < 4.78 is 14.4. The van der Waals surface area contributed by atoms with Gasteiger partial charge in [0.1, 0.15) is 17.3 Å². The third-order valence-electron chi connectivity index (χ3n) is 3.71. The quantitative estimate of drug-likeness (QED) is 0.502. The summed E-state index contributed by atoms with van der Waals surface area (Å²) >= 11 is 0. The van der Waals surface area contributed by atoms with Crippen LogP contribution in [0.1, 0.15) is 31.2 Å². The highest BCUT2D eigenvalue weighted by Crippen LogP contribution is 2.39. The van der Waals surface area contributed by atoms with Crippen LogP contribution in [0.5, 0.6) is 5.75 Å². The van der Waals surface area contributed by atoms with Gasteiger partial charge in [-0.3, -0.25) is 4.79 Å². The van der Waals surface area contributed by atoms with Gasteiger partial charge in [-0.15, -0.1) is 0 Å². The number of ketones is 1. The number of aliphatic hydroxyl groups is 2. The number of phenolic OH excluding ortho intramolecular Hbond substituents is 1. The van der Waals surface area contributed by atoms with Gasteiger partial charge < -0.3 is 25.1 Å². The molecule has 0 radical (unpaired) electrons. The van der Waals surface area contributed by atoms with Crippen molar-refractivity contribution in [3.8, 4) is 5.75 Å². The number of aromatic hydroxyl groups is 1. The number of phenols is 1. The largest absolute Gasteiger partial charge is 0.512 e. The Hall–Kier alpha value is -2.41. The Kier molecular flexibility index (Phi) is 5.47. The number of hydrogen-bond acceptors (Lipinski definition) is 5. The first kappa shape index (κ1) is 18.9. The minimum absolute atomic E-state index is 0.0300. The molecule has 5 N–H and O–H groups in total. The summed E-state index contributed by atoms with van der Waals surface area (Å²) in [4.78, 5) is 31.0. The van der Waals surface area contributed by atoms with Gasteiger partial charge in [-0.1, -0.05) is 19.1 Å². The molecule has 0 heterocycles. The van der Waals surface area contributed by atoms with E-state index < -0.39 is 25.2 Å². The predicted molar refractivity (Wildman–Crippen MR) is 90.6 cm³/mol. The molecule has 1 aliphatic carbocycles. The van der Waals surface area contributed by atoms with Crippen LogP contribution in [0.3, 0.4) is 0 Å². The molecule has 0 saturated carbocycles.